The first-order valence-electron chi connectivity index (χ1n) is 8.51. The minimum atomic E-state index is -0.522. The molecule has 0 unspecified atom stereocenters. The van der Waals surface area contributed by atoms with Crippen molar-refractivity contribution in [3.63, 3.8) is 0 Å². The van der Waals surface area contributed by atoms with Gasteiger partial charge < -0.3 is 0 Å². The third-order valence-corrected chi connectivity index (χ3v) is 7.08. The Labute approximate surface area is 145 Å². The molecular formula is C21H21N2P. The van der Waals surface area contributed by atoms with Gasteiger partial charge in [0.05, 0.1) is 11.7 Å². The zero-order chi connectivity index (χ0) is 16.2. The van der Waals surface area contributed by atoms with E-state index in [0.717, 1.165) is 6.54 Å². The van der Waals surface area contributed by atoms with Gasteiger partial charge in [-0.15, -0.1) is 0 Å². The first-order chi connectivity index (χ1) is 11.9. The van der Waals surface area contributed by atoms with Gasteiger partial charge in [0.1, 0.15) is 0 Å². The van der Waals surface area contributed by atoms with E-state index in [1.54, 1.807) is 0 Å². The minimum Gasteiger partial charge on any atom is -0.266 e. The molecule has 1 aliphatic heterocycles. The summed E-state index contributed by atoms with van der Waals surface area (Å²) >= 11 is 0. The second kappa shape index (κ2) is 7.25. The quantitative estimate of drug-likeness (QED) is 0.664. The lowest BCUT2D eigenvalue weighted by Gasteiger charge is -2.33. The molecule has 1 saturated heterocycles. The molecule has 0 aliphatic carbocycles. The fraction of sp³-hybridized carbons (Fsp3) is 0.190. The van der Waals surface area contributed by atoms with Gasteiger partial charge in [-0.05, 0) is 35.6 Å². The Hall–Kier alpha value is -2.02. The number of pyridine rings is 1. The van der Waals surface area contributed by atoms with Crippen LogP contribution >= 0.6 is 8.07 Å². The predicted molar refractivity (Wildman–Crippen MR) is 102 cm³/mol. The topological polar surface area (TPSA) is 16.1 Å². The van der Waals surface area contributed by atoms with Crippen molar-refractivity contribution < 1.29 is 0 Å². The largest absolute Gasteiger partial charge is 0.266 e. The zero-order valence-electron chi connectivity index (χ0n) is 13.6. The van der Waals surface area contributed by atoms with Gasteiger partial charge in [-0.25, -0.2) is 0 Å². The van der Waals surface area contributed by atoms with Crippen molar-refractivity contribution in [2.75, 3.05) is 6.54 Å². The molecule has 3 aromatic rings. The summed E-state index contributed by atoms with van der Waals surface area (Å²) in [6, 6.07) is 28.6. The van der Waals surface area contributed by atoms with Crippen LogP contribution in [0.3, 0.4) is 0 Å². The molecule has 2 aromatic carbocycles. The Bertz CT molecular complexity index is 722. The van der Waals surface area contributed by atoms with Gasteiger partial charge in [-0.3, -0.25) is 9.65 Å². The average Bonchev–Trinajstić information content (AvgIpc) is 3.14. The van der Waals surface area contributed by atoms with E-state index in [4.69, 9.17) is 0 Å². The lowest BCUT2D eigenvalue weighted by molar-refractivity contribution is 0.434. The van der Waals surface area contributed by atoms with Crippen LogP contribution in [0.25, 0.3) is 0 Å². The number of benzene rings is 2. The van der Waals surface area contributed by atoms with Gasteiger partial charge in [0.25, 0.3) is 0 Å². The fourth-order valence-corrected chi connectivity index (χ4v) is 6.10. The molecule has 0 saturated carbocycles. The zero-order valence-corrected chi connectivity index (χ0v) is 14.5. The molecule has 3 heteroatoms. The van der Waals surface area contributed by atoms with Crippen molar-refractivity contribution in [1.29, 1.82) is 0 Å². The van der Waals surface area contributed by atoms with Crippen molar-refractivity contribution in [3.8, 4) is 0 Å². The number of nitrogens with zero attached hydrogens (tertiary/aromatic N) is 2. The van der Waals surface area contributed by atoms with Crippen LogP contribution in [0.5, 0.6) is 0 Å². The molecule has 0 amide bonds. The summed E-state index contributed by atoms with van der Waals surface area (Å²) in [5.74, 6) is 0. The van der Waals surface area contributed by atoms with Crippen LogP contribution < -0.4 is 10.6 Å². The third kappa shape index (κ3) is 3.13. The first kappa shape index (κ1) is 15.5. The van der Waals surface area contributed by atoms with Crippen LogP contribution in [-0.2, 0) is 0 Å². The first-order valence-corrected chi connectivity index (χ1v) is 9.80. The molecule has 2 nitrogen and oxygen atoms in total. The van der Waals surface area contributed by atoms with Crippen LogP contribution in [0.15, 0.2) is 85.1 Å². The standard InChI is InChI=1S/C21H21N2P/c1-3-10-18(11-4-1)24(19-12-5-2-6-13-19)23-17-9-15-21(23)20-14-7-8-16-22-20/h1-8,10-14,16,21H,9,15,17H2/t21-/m1/s1. The molecule has 1 aromatic heterocycles. The highest BCUT2D eigenvalue weighted by Gasteiger charge is 2.34. The van der Waals surface area contributed by atoms with E-state index in [-0.39, 0.29) is 0 Å². The summed E-state index contributed by atoms with van der Waals surface area (Å²) in [5, 5.41) is 2.84. The molecule has 1 fully saturated rings. The van der Waals surface area contributed by atoms with Crippen molar-refractivity contribution in [2.24, 2.45) is 0 Å². The van der Waals surface area contributed by atoms with E-state index < -0.39 is 8.07 Å². The lowest BCUT2D eigenvalue weighted by Crippen LogP contribution is -2.28. The van der Waals surface area contributed by atoms with Crippen LogP contribution in [-0.4, -0.2) is 16.2 Å². The summed E-state index contributed by atoms with van der Waals surface area (Å²) in [5.41, 5.74) is 1.20. The van der Waals surface area contributed by atoms with Crippen LogP contribution in [0.2, 0.25) is 0 Å². The maximum atomic E-state index is 4.65. The SMILES string of the molecule is c1ccc(P(c2ccccc2)N2CCC[C@@H]2c2ccccn2)cc1. The molecule has 0 radical (unpaired) electrons. The Morgan fingerprint density at radius 1 is 0.792 bits per heavy atom. The Kier molecular flexibility index (Phi) is 4.69. The number of aromatic nitrogens is 1. The molecule has 24 heavy (non-hydrogen) atoms. The Balaban J connectivity index is 1.76. The summed E-state index contributed by atoms with van der Waals surface area (Å²) in [4.78, 5) is 4.65. The summed E-state index contributed by atoms with van der Waals surface area (Å²) in [6.07, 6.45) is 4.34. The smallest absolute Gasteiger partial charge is 0.0578 e. The normalized spacial score (nSPS) is 18.1. The number of rotatable bonds is 4. The predicted octanol–water partition coefficient (Wildman–Crippen LogP) is 4.27. The van der Waals surface area contributed by atoms with Crippen molar-refractivity contribution in [3.05, 3.63) is 90.8 Å². The van der Waals surface area contributed by atoms with E-state index in [9.17, 15) is 0 Å². The summed E-state index contributed by atoms with van der Waals surface area (Å²) in [7, 11) is -0.522. The molecule has 120 valence electrons. The van der Waals surface area contributed by atoms with Gasteiger partial charge in [0, 0.05) is 20.8 Å². The van der Waals surface area contributed by atoms with Gasteiger partial charge in [-0.2, -0.15) is 0 Å². The van der Waals surface area contributed by atoms with Crippen LogP contribution in [0.1, 0.15) is 24.6 Å². The Morgan fingerprint density at radius 3 is 2.00 bits per heavy atom. The van der Waals surface area contributed by atoms with E-state index in [1.165, 1.54) is 29.1 Å². The van der Waals surface area contributed by atoms with Gasteiger partial charge in [-0.1, -0.05) is 66.7 Å². The van der Waals surface area contributed by atoms with E-state index in [1.807, 2.05) is 12.3 Å². The average molecular weight is 332 g/mol. The molecule has 1 atom stereocenters. The highest BCUT2D eigenvalue weighted by Crippen LogP contribution is 2.48. The second-order valence-corrected chi connectivity index (χ2v) is 8.23. The van der Waals surface area contributed by atoms with Crippen molar-refractivity contribution >= 4 is 18.7 Å². The van der Waals surface area contributed by atoms with Crippen LogP contribution in [0.4, 0.5) is 0 Å². The van der Waals surface area contributed by atoms with E-state index in [2.05, 4.69) is 82.5 Å². The van der Waals surface area contributed by atoms with Gasteiger partial charge in [0.2, 0.25) is 0 Å². The fourth-order valence-electron chi connectivity index (χ4n) is 3.45. The summed E-state index contributed by atoms with van der Waals surface area (Å²) in [6.45, 7) is 1.14. The molecule has 2 heterocycles. The minimum absolute atomic E-state index is 0.415. The maximum Gasteiger partial charge on any atom is 0.0578 e. The van der Waals surface area contributed by atoms with E-state index in [0.29, 0.717) is 6.04 Å². The highest BCUT2D eigenvalue weighted by molar-refractivity contribution is 7.70. The highest BCUT2D eigenvalue weighted by atomic mass is 31.1. The molecular weight excluding hydrogens is 311 g/mol. The summed E-state index contributed by atoms with van der Waals surface area (Å²) < 4.78 is 2.68. The maximum absolute atomic E-state index is 4.65. The molecule has 0 N–H and O–H groups in total. The van der Waals surface area contributed by atoms with Crippen molar-refractivity contribution in [1.82, 2.24) is 9.65 Å². The molecule has 0 bridgehead atoms. The Morgan fingerprint density at radius 2 is 1.42 bits per heavy atom. The molecule has 1 aliphatic rings. The van der Waals surface area contributed by atoms with Crippen molar-refractivity contribution in [2.45, 2.75) is 18.9 Å². The van der Waals surface area contributed by atoms with E-state index >= 15 is 0 Å². The third-order valence-electron chi connectivity index (χ3n) is 4.51. The molecule has 0 spiro atoms. The van der Waals surface area contributed by atoms with Gasteiger partial charge >= 0.3 is 0 Å². The number of hydrogen-bond acceptors (Lipinski definition) is 2. The molecule has 4 rings (SSSR count). The second-order valence-electron chi connectivity index (χ2n) is 6.06. The van der Waals surface area contributed by atoms with Gasteiger partial charge in [0.15, 0.2) is 0 Å². The monoisotopic (exact) mass is 332 g/mol. The van der Waals surface area contributed by atoms with Crippen LogP contribution in [0, 0.1) is 0 Å². The lowest BCUT2D eigenvalue weighted by atomic mass is 10.1. The number of hydrogen-bond donors (Lipinski definition) is 0.